The zero-order valence-corrected chi connectivity index (χ0v) is 11.5. The van der Waals surface area contributed by atoms with Crippen LogP contribution in [0.1, 0.15) is 11.4 Å². The molecule has 18 heavy (non-hydrogen) atoms. The summed E-state index contributed by atoms with van der Waals surface area (Å²) in [4.78, 5) is 7.04. The van der Waals surface area contributed by atoms with E-state index in [4.69, 9.17) is 0 Å². The van der Waals surface area contributed by atoms with Crippen LogP contribution in [0.4, 0.5) is 0 Å². The summed E-state index contributed by atoms with van der Waals surface area (Å²) in [5, 5.41) is 4.74. The minimum absolute atomic E-state index is 0.810. The normalized spacial score (nSPS) is 20.8. The van der Waals surface area contributed by atoms with Gasteiger partial charge in [-0.3, -0.25) is 0 Å². The molecule has 0 bridgehead atoms. The Labute approximate surface area is 112 Å². The molecular formula is C14H19N3S. The Hall–Kier alpha value is -0.970. The van der Waals surface area contributed by atoms with Crippen molar-refractivity contribution in [1.29, 1.82) is 0 Å². The summed E-state index contributed by atoms with van der Waals surface area (Å²) in [6.45, 7) is 4.49. The van der Waals surface area contributed by atoms with Gasteiger partial charge in [0, 0.05) is 13.1 Å². The van der Waals surface area contributed by atoms with E-state index in [1.165, 1.54) is 29.2 Å². The summed E-state index contributed by atoms with van der Waals surface area (Å²) in [7, 11) is 2.20. The van der Waals surface area contributed by atoms with E-state index in [9.17, 15) is 0 Å². The lowest BCUT2D eigenvalue weighted by atomic mass is 10.1. The topological polar surface area (TPSA) is 28.2 Å². The highest BCUT2D eigenvalue weighted by atomic mass is 32.1. The van der Waals surface area contributed by atoms with Crippen LogP contribution in [0, 0.1) is 5.92 Å². The van der Waals surface area contributed by atoms with Gasteiger partial charge in [-0.15, -0.1) is 11.3 Å². The molecule has 0 amide bonds. The van der Waals surface area contributed by atoms with Crippen molar-refractivity contribution in [2.24, 2.45) is 5.92 Å². The number of hydrogen-bond donors (Lipinski definition) is 1. The number of para-hydroxylation sites is 1. The summed E-state index contributed by atoms with van der Waals surface area (Å²) >= 11 is 1.80. The smallest absolute Gasteiger partial charge is 0.108 e. The highest BCUT2D eigenvalue weighted by molar-refractivity contribution is 7.18. The largest absolute Gasteiger partial charge is 0.310 e. The molecule has 1 saturated heterocycles. The number of nitrogens with zero attached hydrogens (tertiary/aromatic N) is 2. The molecule has 4 heteroatoms. The van der Waals surface area contributed by atoms with E-state index in [-0.39, 0.29) is 0 Å². The molecular weight excluding hydrogens is 242 g/mol. The molecule has 0 aliphatic carbocycles. The van der Waals surface area contributed by atoms with Crippen molar-refractivity contribution >= 4 is 21.6 Å². The van der Waals surface area contributed by atoms with E-state index < -0.39 is 0 Å². The van der Waals surface area contributed by atoms with E-state index in [2.05, 4.69) is 40.4 Å². The highest BCUT2D eigenvalue weighted by Gasteiger charge is 2.18. The summed E-state index contributed by atoms with van der Waals surface area (Å²) in [5.74, 6) is 0.810. The molecule has 3 nitrogen and oxygen atoms in total. The first kappa shape index (κ1) is 12.1. The van der Waals surface area contributed by atoms with Crippen molar-refractivity contribution in [3.8, 4) is 0 Å². The van der Waals surface area contributed by atoms with Gasteiger partial charge in [0.2, 0.25) is 0 Å². The van der Waals surface area contributed by atoms with Crippen molar-refractivity contribution in [3.63, 3.8) is 0 Å². The van der Waals surface area contributed by atoms with Crippen LogP contribution in [0.3, 0.4) is 0 Å². The van der Waals surface area contributed by atoms with Gasteiger partial charge >= 0.3 is 0 Å². The van der Waals surface area contributed by atoms with E-state index in [1.54, 1.807) is 11.3 Å². The van der Waals surface area contributed by atoms with Gasteiger partial charge in [-0.05, 0) is 44.6 Å². The molecule has 1 aliphatic heterocycles. The van der Waals surface area contributed by atoms with Gasteiger partial charge < -0.3 is 10.2 Å². The Morgan fingerprint density at radius 3 is 3.11 bits per heavy atom. The Balaban J connectivity index is 1.53. The van der Waals surface area contributed by atoms with Crippen LogP contribution >= 0.6 is 11.3 Å². The summed E-state index contributed by atoms with van der Waals surface area (Å²) in [6, 6.07) is 8.35. The second-order valence-electron chi connectivity index (χ2n) is 5.12. The number of rotatable bonds is 4. The van der Waals surface area contributed by atoms with Gasteiger partial charge in [-0.2, -0.15) is 0 Å². The maximum absolute atomic E-state index is 4.64. The predicted molar refractivity (Wildman–Crippen MR) is 76.9 cm³/mol. The summed E-state index contributed by atoms with van der Waals surface area (Å²) in [5.41, 5.74) is 1.12. The summed E-state index contributed by atoms with van der Waals surface area (Å²) in [6.07, 6.45) is 1.32. The van der Waals surface area contributed by atoms with Crippen LogP contribution in [0.15, 0.2) is 24.3 Å². The van der Waals surface area contributed by atoms with E-state index in [0.717, 1.165) is 24.5 Å². The predicted octanol–water partition coefficient (Wildman–Crippen LogP) is 2.34. The molecule has 1 atom stereocenters. The Morgan fingerprint density at radius 1 is 1.44 bits per heavy atom. The Kier molecular flexibility index (Phi) is 3.59. The number of thiazole rings is 1. The third-order valence-corrected chi connectivity index (χ3v) is 4.57. The fourth-order valence-corrected chi connectivity index (χ4v) is 3.51. The molecule has 1 N–H and O–H groups in total. The molecule has 0 radical (unpaired) electrons. The van der Waals surface area contributed by atoms with Crippen LogP contribution in [0.5, 0.6) is 0 Å². The average molecular weight is 261 g/mol. The monoisotopic (exact) mass is 261 g/mol. The van der Waals surface area contributed by atoms with Crippen molar-refractivity contribution in [2.75, 3.05) is 26.7 Å². The summed E-state index contributed by atoms with van der Waals surface area (Å²) < 4.78 is 1.29. The maximum Gasteiger partial charge on any atom is 0.108 e. The molecule has 96 valence electrons. The lowest BCUT2D eigenvalue weighted by Crippen LogP contribution is -2.24. The molecule has 1 fully saturated rings. The first-order valence-electron chi connectivity index (χ1n) is 6.55. The fraction of sp³-hybridized carbons (Fsp3) is 0.500. The fourth-order valence-electron chi connectivity index (χ4n) is 2.57. The second-order valence-corrected chi connectivity index (χ2v) is 6.24. The molecule has 3 rings (SSSR count). The van der Waals surface area contributed by atoms with E-state index in [0.29, 0.717) is 0 Å². The van der Waals surface area contributed by atoms with Crippen LogP contribution in [-0.2, 0) is 6.54 Å². The number of likely N-dealkylation sites (tertiary alicyclic amines) is 1. The molecule has 1 aromatic carbocycles. The van der Waals surface area contributed by atoms with Gasteiger partial charge in [0.15, 0.2) is 0 Å². The first-order valence-corrected chi connectivity index (χ1v) is 7.36. The van der Waals surface area contributed by atoms with Crippen LogP contribution < -0.4 is 5.32 Å². The van der Waals surface area contributed by atoms with Gasteiger partial charge in [-0.25, -0.2) is 4.98 Å². The van der Waals surface area contributed by atoms with Gasteiger partial charge in [0.25, 0.3) is 0 Å². The molecule has 1 aromatic heterocycles. The van der Waals surface area contributed by atoms with Crippen LogP contribution in [0.2, 0.25) is 0 Å². The third-order valence-electron chi connectivity index (χ3n) is 3.54. The molecule has 1 unspecified atom stereocenters. The lowest BCUT2D eigenvalue weighted by molar-refractivity contribution is 0.388. The minimum Gasteiger partial charge on any atom is -0.310 e. The Morgan fingerprint density at radius 2 is 2.33 bits per heavy atom. The maximum atomic E-state index is 4.64. The highest BCUT2D eigenvalue weighted by Crippen LogP contribution is 2.21. The van der Waals surface area contributed by atoms with Crippen molar-refractivity contribution in [1.82, 2.24) is 15.2 Å². The minimum atomic E-state index is 0.810. The Bertz CT molecular complexity index is 489. The SMILES string of the molecule is CN1CCC(CNCc2nc3ccccc3s2)C1. The molecule has 1 aliphatic rings. The number of nitrogens with one attached hydrogen (secondary N) is 1. The standard InChI is InChI=1S/C14H19N3S/c1-17-7-6-11(10-17)8-15-9-14-16-12-4-2-3-5-13(12)18-14/h2-5,11,15H,6-10H2,1H3. The number of benzene rings is 1. The van der Waals surface area contributed by atoms with Gasteiger partial charge in [0.05, 0.1) is 10.2 Å². The van der Waals surface area contributed by atoms with Crippen molar-refractivity contribution < 1.29 is 0 Å². The zero-order chi connectivity index (χ0) is 12.4. The van der Waals surface area contributed by atoms with E-state index >= 15 is 0 Å². The number of aromatic nitrogens is 1. The quantitative estimate of drug-likeness (QED) is 0.915. The number of hydrogen-bond acceptors (Lipinski definition) is 4. The van der Waals surface area contributed by atoms with Gasteiger partial charge in [-0.1, -0.05) is 12.1 Å². The number of fused-ring (bicyclic) bond motifs is 1. The molecule has 0 saturated carbocycles. The van der Waals surface area contributed by atoms with Crippen LogP contribution in [0.25, 0.3) is 10.2 Å². The van der Waals surface area contributed by atoms with Crippen molar-refractivity contribution in [2.45, 2.75) is 13.0 Å². The second kappa shape index (κ2) is 5.34. The molecule has 0 spiro atoms. The third kappa shape index (κ3) is 2.71. The molecule has 2 heterocycles. The van der Waals surface area contributed by atoms with Gasteiger partial charge in [0.1, 0.15) is 5.01 Å². The lowest BCUT2D eigenvalue weighted by Gasteiger charge is -2.10. The van der Waals surface area contributed by atoms with E-state index in [1.807, 2.05) is 6.07 Å². The first-order chi connectivity index (χ1) is 8.81. The van der Waals surface area contributed by atoms with Crippen molar-refractivity contribution in [3.05, 3.63) is 29.3 Å². The zero-order valence-electron chi connectivity index (χ0n) is 10.7. The molecule has 2 aromatic rings. The van der Waals surface area contributed by atoms with Crippen LogP contribution in [-0.4, -0.2) is 36.6 Å². The average Bonchev–Trinajstić information content (AvgIpc) is 2.95.